The summed E-state index contributed by atoms with van der Waals surface area (Å²) in [5.74, 6) is 0.955. The Morgan fingerprint density at radius 3 is 1.69 bits per heavy atom. The second kappa shape index (κ2) is 11.2. The molecule has 0 aliphatic carbocycles. The lowest BCUT2D eigenvalue weighted by atomic mass is 9.95. The summed E-state index contributed by atoms with van der Waals surface area (Å²) in [6.07, 6.45) is 3.62. The third-order valence-electron chi connectivity index (χ3n) is 11.3. The Morgan fingerprint density at radius 2 is 1.13 bits per heavy atom. The van der Waals surface area contributed by atoms with Crippen LogP contribution in [0.15, 0.2) is 132 Å². The summed E-state index contributed by atoms with van der Waals surface area (Å²) < 4.78 is 8.82. The number of rotatable bonds is 5. The smallest absolute Gasteiger partial charge is 0.143 e. The third kappa shape index (κ3) is 4.43. The summed E-state index contributed by atoms with van der Waals surface area (Å²) in [5, 5.41) is 12.2. The van der Waals surface area contributed by atoms with Crippen molar-refractivity contribution >= 4 is 83.3 Å². The molecule has 250 valence electrons. The van der Waals surface area contributed by atoms with Crippen molar-refractivity contribution in [3.05, 3.63) is 150 Å². The largest absolute Gasteiger partial charge is 0.455 e. The van der Waals surface area contributed by atoms with E-state index in [2.05, 4.69) is 161 Å². The van der Waals surface area contributed by atoms with Crippen LogP contribution in [0.5, 0.6) is 0 Å². The van der Waals surface area contributed by atoms with Crippen LogP contribution in [0, 0.1) is 0 Å². The highest BCUT2D eigenvalue weighted by Gasteiger charge is 2.21. The molecule has 3 aromatic heterocycles. The predicted octanol–water partition coefficient (Wildman–Crippen LogP) is 12.8. The number of aromatic nitrogens is 1. The zero-order valence-corrected chi connectivity index (χ0v) is 30.0. The number of hydrogen-bond acceptors (Lipinski definition) is 1. The summed E-state index contributed by atoms with van der Waals surface area (Å²) in [7, 11) is 0. The van der Waals surface area contributed by atoms with Gasteiger partial charge in [-0.15, -0.1) is 0 Å². The first kappa shape index (κ1) is 30.7. The average Bonchev–Trinajstić information content (AvgIpc) is 3.77. The standard InChI is InChI=1S/C50H39NO/c1-7-9-48-30(6)40-10-8-11-41(50(40)52-48)32-14-12-31(13-15-32)39-24-44-42-22-37-20-33(28(2)3)16-18-35(37)26-46(42)51-47-27-36-19-17-34(29(4)5)21-38(36)23-43(47)45(25-39)49(44)51/h7-29H,1,6H2,2-5H3/b48-9+. The minimum absolute atomic E-state index is 0.478. The summed E-state index contributed by atoms with van der Waals surface area (Å²) in [6, 6.07) is 43.6. The van der Waals surface area contributed by atoms with Crippen LogP contribution in [0.1, 0.15) is 50.7 Å². The molecule has 0 radical (unpaired) electrons. The molecule has 3 heterocycles. The van der Waals surface area contributed by atoms with E-state index in [0.717, 1.165) is 32.7 Å². The van der Waals surface area contributed by atoms with Crippen molar-refractivity contribution in [1.82, 2.24) is 4.40 Å². The van der Waals surface area contributed by atoms with E-state index < -0.39 is 0 Å². The normalized spacial score (nSPS) is 12.8. The minimum Gasteiger partial charge on any atom is -0.455 e. The number of hydrogen-bond donors (Lipinski definition) is 0. The van der Waals surface area contributed by atoms with Crippen molar-refractivity contribution in [3.63, 3.8) is 0 Å². The maximum absolute atomic E-state index is 6.30. The van der Waals surface area contributed by atoms with Crippen molar-refractivity contribution in [1.29, 1.82) is 0 Å². The Morgan fingerprint density at radius 1 is 0.558 bits per heavy atom. The molecule has 7 aromatic carbocycles. The Balaban J connectivity index is 1.23. The van der Waals surface area contributed by atoms with Crippen molar-refractivity contribution in [2.24, 2.45) is 0 Å². The molecule has 10 rings (SSSR count). The number of nitrogens with zero attached hydrogens (tertiary/aromatic N) is 1. The van der Waals surface area contributed by atoms with Crippen LogP contribution in [0.4, 0.5) is 0 Å². The molecule has 2 heteroatoms. The highest BCUT2D eigenvalue weighted by atomic mass is 16.3. The van der Waals surface area contributed by atoms with Crippen molar-refractivity contribution < 1.29 is 4.42 Å². The van der Waals surface area contributed by atoms with Gasteiger partial charge < -0.3 is 8.82 Å². The zero-order valence-electron chi connectivity index (χ0n) is 30.0. The number of fused-ring (bicyclic) bond motifs is 9. The molecule has 0 aliphatic heterocycles. The Hall–Kier alpha value is -6.12. The summed E-state index contributed by atoms with van der Waals surface area (Å²) in [6.45, 7) is 17.2. The average molecular weight is 670 g/mol. The van der Waals surface area contributed by atoms with Gasteiger partial charge in [-0.1, -0.05) is 126 Å². The second-order valence-corrected chi connectivity index (χ2v) is 15.1. The van der Waals surface area contributed by atoms with Crippen molar-refractivity contribution in [2.45, 2.75) is 39.5 Å². The van der Waals surface area contributed by atoms with Crippen LogP contribution < -0.4 is 10.6 Å². The number of benzene rings is 7. The number of furan rings is 1. The molecule has 0 saturated heterocycles. The van der Waals surface area contributed by atoms with E-state index in [9.17, 15) is 0 Å². The number of para-hydroxylation sites is 1. The van der Waals surface area contributed by atoms with Gasteiger partial charge in [0.05, 0.1) is 16.6 Å². The van der Waals surface area contributed by atoms with Crippen LogP contribution in [0.25, 0.3) is 106 Å². The van der Waals surface area contributed by atoms with Crippen LogP contribution >= 0.6 is 0 Å². The van der Waals surface area contributed by atoms with E-state index in [1.807, 2.05) is 6.08 Å². The van der Waals surface area contributed by atoms with E-state index in [1.54, 1.807) is 6.08 Å². The van der Waals surface area contributed by atoms with Crippen LogP contribution in [0.2, 0.25) is 0 Å². The topological polar surface area (TPSA) is 17.6 Å². The Kier molecular flexibility index (Phi) is 6.60. The lowest BCUT2D eigenvalue weighted by Gasteiger charge is -2.09. The van der Waals surface area contributed by atoms with Crippen molar-refractivity contribution in [3.8, 4) is 22.3 Å². The minimum atomic E-state index is 0.478. The van der Waals surface area contributed by atoms with Gasteiger partial charge in [0.1, 0.15) is 11.0 Å². The fourth-order valence-corrected chi connectivity index (χ4v) is 8.45. The molecule has 0 fully saturated rings. The van der Waals surface area contributed by atoms with Crippen LogP contribution in [0.3, 0.4) is 0 Å². The summed E-state index contributed by atoms with van der Waals surface area (Å²) >= 11 is 0. The number of allylic oxidation sites excluding steroid dienone is 1. The highest BCUT2D eigenvalue weighted by molar-refractivity contribution is 6.27. The van der Waals surface area contributed by atoms with Gasteiger partial charge in [0.2, 0.25) is 0 Å². The molecular weight excluding hydrogens is 631 g/mol. The molecule has 0 aliphatic rings. The van der Waals surface area contributed by atoms with Crippen molar-refractivity contribution in [2.75, 3.05) is 0 Å². The van der Waals surface area contributed by atoms with Gasteiger partial charge in [-0.3, -0.25) is 0 Å². The predicted molar refractivity (Wildman–Crippen MR) is 224 cm³/mol. The third-order valence-corrected chi connectivity index (χ3v) is 11.3. The van der Waals surface area contributed by atoms with E-state index >= 15 is 0 Å². The van der Waals surface area contributed by atoms with Gasteiger partial charge in [-0.25, -0.2) is 0 Å². The first-order chi connectivity index (χ1) is 25.3. The monoisotopic (exact) mass is 669 g/mol. The highest BCUT2D eigenvalue weighted by Crippen LogP contribution is 2.44. The fourth-order valence-electron chi connectivity index (χ4n) is 8.45. The molecule has 0 amide bonds. The van der Waals surface area contributed by atoms with Gasteiger partial charge in [-0.05, 0) is 104 Å². The van der Waals surface area contributed by atoms with E-state index in [4.69, 9.17) is 4.42 Å². The quantitative estimate of drug-likeness (QED) is 0.178. The first-order valence-electron chi connectivity index (χ1n) is 18.4. The molecule has 0 bridgehead atoms. The lowest BCUT2D eigenvalue weighted by Crippen LogP contribution is -2.17. The molecular formula is C50H39NO. The summed E-state index contributed by atoms with van der Waals surface area (Å²) in [4.78, 5) is 0. The van der Waals surface area contributed by atoms with E-state index in [-0.39, 0.29) is 0 Å². The lowest BCUT2D eigenvalue weighted by molar-refractivity contribution is 0.577. The van der Waals surface area contributed by atoms with Crippen LogP contribution in [-0.2, 0) is 0 Å². The Labute approximate surface area is 302 Å². The maximum atomic E-state index is 6.30. The molecule has 0 atom stereocenters. The van der Waals surface area contributed by atoms with Gasteiger partial charge in [0.25, 0.3) is 0 Å². The van der Waals surface area contributed by atoms with Gasteiger partial charge >= 0.3 is 0 Å². The molecule has 0 spiro atoms. The van der Waals surface area contributed by atoms with Gasteiger partial charge in [0.15, 0.2) is 0 Å². The first-order valence-corrected chi connectivity index (χ1v) is 18.4. The maximum Gasteiger partial charge on any atom is 0.143 e. The van der Waals surface area contributed by atoms with E-state index in [0.29, 0.717) is 11.8 Å². The second-order valence-electron chi connectivity index (χ2n) is 15.1. The Bertz CT molecular complexity index is 3070. The van der Waals surface area contributed by atoms with E-state index in [1.165, 1.54) is 81.9 Å². The molecule has 0 N–H and O–H groups in total. The SMILES string of the molecule is C=C/C=c1/oc2c(-c3ccc(-c4cc5c6cc7cc(C(C)C)ccc7cc6n6c7cc8ccc(C(C)C)cc8cc7c(c4)c56)cc3)cccc2c1=C. The van der Waals surface area contributed by atoms with Crippen LogP contribution in [-0.4, -0.2) is 4.40 Å². The fraction of sp³-hybridized carbons (Fsp3) is 0.120. The van der Waals surface area contributed by atoms with Gasteiger partial charge in [0, 0.05) is 37.7 Å². The summed E-state index contributed by atoms with van der Waals surface area (Å²) in [5.41, 5.74) is 12.7. The zero-order chi connectivity index (χ0) is 35.4. The molecule has 52 heavy (non-hydrogen) atoms. The molecule has 10 aromatic rings. The molecule has 0 unspecified atom stereocenters. The molecule has 2 nitrogen and oxygen atoms in total. The van der Waals surface area contributed by atoms with Gasteiger partial charge in [-0.2, -0.15) is 0 Å². The molecule has 0 saturated carbocycles.